The quantitative estimate of drug-likeness (QED) is 0.840. The highest BCUT2D eigenvalue weighted by Gasteiger charge is 2.52. The molecule has 0 unspecified atom stereocenters. The maximum atomic E-state index is 13.1. The van der Waals surface area contributed by atoms with Crippen LogP contribution < -0.4 is 0 Å². The molecule has 0 radical (unpaired) electrons. The van der Waals surface area contributed by atoms with Crippen LogP contribution >= 0.6 is 0 Å². The molecule has 2 saturated heterocycles. The molecule has 2 fully saturated rings. The van der Waals surface area contributed by atoms with Gasteiger partial charge in [-0.3, -0.25) is 4.79 Å². The van der Waals surface area contributed by atoms with Crippen molar-refractivity contribution in [1.82, 2.24) is 9.80 Å². The average Bonchev–Trinajstić information content (AvgIpc) is 2.87. The summed E-state index contributed by atoms with van der Waals surface area (Å²) in [4.78, 5) is 40.2. The van der Waals surface area contributed by atoms with Crippen LogP contribution in [0.1, 0.15) is 53.9 Å². The smallest absolute Gasteiger partial charge is 0.410 e. The lowest BCUT2D eigenvalue weighted by Gasteiger charge is -2.42. The minimum Gasteiger partial charge on any atom is -0.480 e. The summed E-state index contributed by atoms with van der Waals surface area (Å²) >= 11 is 0. The van der Waals surface area contributed by atoms with Crippen molar-refractivity contribution in [1.29, 1.82) is 0 Å². The minimum atomic E-state index is -0.970. The number of ether oxygens (including phenoxy) is 1. The molecule has 2 rings (SSSR count). The Morgan fingerprint density at radius 1 is 1.20 bits per heavy atom. The first-order valence-corrected chi connectivity index (χ1v) is 8.99. The Hall–Kier alpha value is -1.79. The van der Waals surface area contributed by atoms with Gasteiger partial charge < -0.3 is 19.6 Å². The molecule has 142 valence electrons. The number of carboxylic acids is 1. The Balaban J connectivity index is 2.15. The summed E-state index contributed by atoms with van der Waals surface area (Å²) in [5.74, 6) is -1.27. The zero-order valence-corrected chi connectivity index (χ0v) is 15.9. The maximum Gasteiger partial charge on any atom is 0.410 e. The molecular formula is C18H30N2O5. The maximum absolute atomic E-state index is 13.1. The Labute approximate surface area is 149 Å². The molecule has 0 aromatic carbocycles. The van der Waals surface area contributed by atoms with E-state index in [1.807, 2.05) is 34.6 Å². The molecule has 7 nitrogen and oxygen atoms in total. The molecule has 1 spiro atoms. The highest BCUT2D eigenvalue weighted by molar-refractivity contribution is 5.89. The van der Waals surface area contributed by atoms with Crippen LogP contribution in [0.3, 0.4) is 0 Å². The highest BCUT2D eigenvalue weighted by atomic mass is 16.6. The monoisotopic (exact) mass is 354 g/mol. The van der Waals surface area contributed by atoms with Crippen molar-refractivity contribution in [2.45, 2.75) is 65.5 Å². The molecule has 0 saturated carbocycles. The minimum absolute atomic E-state index is 0.133. The van der Waals surface area contributed by atoms with E-state index in [4.69, 9.17) is 4.74 Å². The summed E-state index contributed by atoms with van der Waals surface area (Å²) in [6.45, 7) is 10.3. The van der Waals surface area contributed by atoms with E-state index in [0.717, 1.165) is 6.42 Å². The third-order valence-electron chi connectivity index (χ3n) is 4.99. The lowest BCUT2D eigenvalue weighted by atomic mass is 9.77. The van der Waals surface area contributed by atoms with Crippen molar-refractivity contribution >= 4 is 18.0 Å². The van der Waals surface area contributed by atoms with Crippen molar-refractivity contribution in [3.8, 4) is 0 Å². The number of carbonyl (C=O) groups excluding carboxylic acids is 2. The van der Waals surface area contributed by atoms with Gasteiger partial charge in [-0.15, -0.1) is 0 Å². The molecule has 0 aromatic heterocycles. The van der Waals surface area contributed by atoms with Crippen molar-refractivity contribution in [2.75, 3.05) is 19.6 Å². The van der Waals surface area contributed by atoms with Gasteiger partial charge in [0.2, 0.25) is 5.91 Å². The molecule has 2 atom stereocenters. The predicted octanol–water partition coefficient (Wildman–Crippen LogP) is 2.35. The van der Waals surface area contributed by atoms with Crippen LogP contribution in [0.25, 0.3) is 0 Å². The predicted molar refractivity (Wildman–Crippen MR) is 92.1 cm³/mol. The number of amides is 2. The highest BCUT2D eigenvalue weighted by Crippen LogP contribution is 2.41. The van der Waals surface area contributed by atoms with E-state index in [1.165, 1.54) is 4.90 Å². The second kappa shape index (κ2) is 6.84. The van der Waals surface area contributed by atoms with Crippen LogP contribution in [-0.4, -0.2) is 64.2 Å². The summed E-state index contributed by atoms with van der Waals surface area (Å²) in [5, 5.41) is 9.53. The molecule has 25 heavy (non-hydrogen) atoms. The molecule has 2 amide bonds. The van der Waals surface area contributed by atoms with Crippen LogP contribution in [0.5, 0.6) is 0 Å². The standard InChI is InChI=1S/C18H30N2O5/c1-12(2)13(14(21)22)20-9-6-7-18(15(20)23)8-10-19(11-18)16(24)25-17(3,4)5/h12-13H,6-11H2,1-5H3,(H,21,22)/t13-,18+/m0/s1. The van der Waals surface area contributed by atoms with E-state index in [9.17, 15) is 19.5 Å². The molecule has 2 heterocycles. The van der Waals surface area contributed by atoms with Gasteiger partial charge in [-0.1, -0.05) is 13.8 Å². The van der Waals surface area contributed by atoms with Crippen molar-refractivity contribution < 1.29 is 24.2 Å². The first-order valence-electron chi connectivity index (χ1n) is 8.99. The van der Waals surface area contributed by atoms with E-state index >= 15 is 0 Å². The molecule has 2 aliphatic heterocycles. The fraction of sp³-hybridized carbons (Fsp3) is 0.833. The summed E-state index contributed by atoms with van der Waals surface area (Å²) in [5.41, 5.74) is -1.25. The number of piperidine rings is 1. The van der Waals surface area contributed by atoms with Crippen molar-refractivity contribution in [3.05, 3.63) is 0 Å². The topological polar surface area (TPSA) is 87.2 Å². The van der Waals surface area contributed by atoms with E-state index in [0.29, 0.717) is 32.5 Å². The number of likely N-dealkylation sites (tertiary alicyclic amines) is 2. The van der Waals surface area contributed by atoms with Crippen LogP contribution in [0, 0.1) is 11.3 Å². The molecule has 0 bridgehead atoms. The molecule has 1 N–H and O–H groups in total. The average molecular weight is 354 g/mol. The zero-order chi connectivity index (χ0) is 19.0. The molecule has 0 aliphatic carbocycles. The van der Waals surface area contributed by atoms with Gasteiger partial charge in [-0.25, -0.2) is 9.59 Å². The summed E-state index contributed by atoms with van der Waals surface area (Å²) < 4.78 is 5.41. The Morgan fingerprint density at radius 3 is 2.36 bits per heavy atom. The molecular weight excluding hydrogens is 324 g/mol. The van der Waals surface area contributed by atoms with E-state index in [2.05, 4.69) is 0 Å². The van der Waals surface area contributed by atoms with Crippen LogP contribution in [0.15, 0.2) is 0 Å². The number of aliphatic carboxylic acids is 1. The number of carboxylic acid groups (broad SMARTS) is 1. The van der Waals surface area contributed by atoms with Crippen LogP contribution in [0.4, 0.5) is 4.79 Å². The van der Waals surface area contributed by atoms with Gasteiger partial charge in [0.1, 0.15) is 11.6 Å². The summed E-state index contributed by atoms with van der Waals surface area (Å²) in [7, 11) is 0. The SMILES string of the molecule is CC(C)[C@@H](C(=O)O)N1CCC[C@]2(CCN(C(=O)OC(C)(C)C)C2)C1=O. The van der Waals surface area contributed by atoms with Crippen LogP contribution in [0.2, 0.25) is 0 Å². The summed E-state index contributed by atoms with van der Waals surface area (Å²) in [6, 6.07) is -0.819. The first kappa shape index (κ1) is 19.5. The van der Waals surface area contributed by atoms with Gasteiger partial charge in [0.15, 0.2) is 0 Å². The first-order chi connectivity index (χ1) is 11.5. The third kappa shape index (κ3) is 4.07. The number of rotatable bonds is 3. The Kier molecular flexibility index (Phi) is 5.35. The van der Waals surface area contributed by atoms with E-state index in [-0.39, 0.29) is 11.8 Å². The fourth-order valence-corrected chi connectivity index (χ4v) is 3.88. The largest absolute Gasteiger partial charge is 0.480 e. The van der Waals surface area contributed by atoms with E-state index in [1.54, 1.807) is 4.90 Å². The molecule has 2 aliphatic rings. The summed E-state index contributed by atoms with van der Waals surface area (Å²) in [6.07, 6.45) is 1.59. The fourth-order valence-electron chi connectivity index (χ4n) is 3.88. The van der Waals surface area contributed by atoms with Crippen molar-refractivity contribution in [2.24, 2.45) is 11.3 Å². The number of hydrogen-bond acceptors (Lipinski definition) is 4. The van der Waals surface area contributed by atoms with Gasteiger partial charge in [-0.05, 0) is 46.0 Å². The number of carbonyl (C=O) groups is 3. The second-order valence-corrected chi connectivity index (χ2v) is 8.56. The van der Waals surface area contributed by atoms with Crippen molar-refractivity contribution in [3.63, 3.8) is 0 Å². The second-order valence-electron chi connectivity index (χ2n) is 8.56. The Bertz CT molecular complexity index is 554. The van der Waals surface area contributed by atoms with E-state index < -0.39 is 29.1 Å². The van der Waals surface area contributed by atoms with Gasteiger partial charge in [0, 0.05) is 19.6 Å². The van der Waals surface area contributed by atoms with Gasteiger partial charge in [0.05, 0.1) is 5.41 Å². The Morgan fingerprint density at radius 2 is 1.84 bits per heavy atom. The van der Waals surface area contributed by atoms with Gasteiger partial charge in [-0.2, -0.15) is 0 Å². The lowest BCUT2D eigenvalue weighted by molar-refractivity contribution is -0.160. The third-order valence-corrected chi connectivity index (χ3v) is 4.99. The zero-order valence-electron chi connectivity index (χ0n) is 15.9. The normalized spacial score (nSPS) is 25.6. The van der Waals surface area contributed by atoms with Crippen LogP contribution in [-0.2, 0) is 14.3 Å². The molecule has 0 aromatic rings. The lowest BCUT2D eigenvalue weighted by Crippen LogP contribution is -2.57. The van der Waals surface area contributed by atoms with Gasteiger partial charge >= 0.3 is 12.1 Å². The number of nitrogens with zero attached hydrogens (tertiary/aromatic N) is 2. The molecule has 7 heteroatoms. The van der Waals surface area contributed by atoms with Gasteiger partial charge in [0.25, 0.3) is 0 Å². The number of hydrogen-bond donors (Lipinski definition) is 1.